The Morgan fingerprint density at radius 1 is 0.931 bits per heavy atom. The molecule has 7 heteroatoms. The molecule has 2 rings (SSSR count). The lowest BCUT2D eigenvalue weighted by atomic mass is 10.0. The molecule has 2 aromatic carbocycles. The van der Waals surface area contributed by atoms with Gasteiger partial charge >= 0.3 is 12.1 Å². The van der Waals surface area contributed by atoms with Gasteiger partial charge in [-0.2, -0.15) is 0 Å². The summed E-state index contributed by atoms with van der Waals surface area (Å²) in [7, 11) is 0. The zero-order valence-corrected chi connectivity index (χ0v) is 15.7. The molecule has 0 unspecified atom stereocenters. The number of rotatable bonds is 9. The predicted molar refractivity (Wildman–Crippen MR) is 107 cm³/mol. The predicted octanol–water partition coefficient (Wildman–Crippen LogP) is 2.12. The molecule has 2 amide bonds. The summed E-state index contributed by atoms with van der Waals surface area (Å²) in [6.45, 7) is 0.0429. The van der Waals surface area contributed by atoms with Crippen molar-refractivity contribution in [3.05, 3.63) is 71.8 Å². The molecule has 0 saturated heterocycles. The second kappa shape index (κ2) is 11.1. The molecule has 0 aliphatic carbocycles. The Labute approximate surface area is 169 Å². The monoisotopic (exact) mass is 394 g/mol. The third kappa shape index (κ3) is 7.39. The number of benzene rings is 2. The molecule has 0 bridgehead atoms. The fourth-order valence-corrected chi connectivity index (χ4v) is 2.56. The molecule has 150 valence electrons. The quantitative estimate of drug-likeness (QED) is 0.565. The van der Waals surface area contributed by atoms with E-state index in [1.54, 1.807) is 36.4 Å². The number of alkyl carbamates (subject to hydrolysis) is 1. The van der Waals surface area contributed by atoms with Gasteiger partial charge < -0.3 is 20.5 Å². The lowest BCUT2D eigenvalue weighted by molar-refractivity contribution is -0.141. The van der Waals surface area contributed by atoms with Crippen molar-refractivity contribution in [2.45, 2.75) is 31.5 Å². The zero-order valence-electron chi connectivity index (χ0n) is 15.7. The summed E-state index contributed by atoms with van der Waals surface area (Å²) in [6, 6.07) is 15.9. The Morgan fingerprint density at radius 2 is 1.52 bits per heavy atom. The minimum absolute atomic E-state index is 0.0429. The standard InChI is InChI=1S/C22H22N2O5/c1-2-9-18(21(26)27)23-20(25)19(14-16-10-5-3-6-11-16)24-22(28)29-15-17-12-7-4-8-13-17/h1,3-8,10-13,18-19H,9,14-15H2,(H,23,25)(H,24,28)(H,26,27)/t18-,19+/m0/s1. The first-order chi connectivity index (χ1) is 14.0. The number of hydrogen-bond acceptors (Lipinski definition) is 4. The highest BCUT2D eigenvalue weighted by Gasteiger charge is 2.26. The van der Waals surface area contributed by atoms with Crippen molar-refractivity contribution in [1.29, 1.82) is 0 Å². The molecule has 0 spiro atoms. The number of hydrogen-bond donors (Lipinski definition) is 3. The second-order valence-electron chi connectivity index (χ2n) is 6.26. The number of carbonyl (C=O) groups is 3. The number of carboxylic acids is 1. The summed E-state index contributed by atoms with van der Waals surface area (Å²) >= 11 is 0. The van der Waals surface area contributed by atoms with E-state index in [-0.39, 0.29) is 19.4 Å². The molecule has 2 atom stereocenters. The van der Waals surface area contributed by atoms with Gasteiger partial charge in [-0.1, -0.05) is 60.7 Å². The summed E-state index contributed by atoms with van der Waals surface area (Å²) < 4.78 is 5.17. The first-order valence-electron chi connectivity index (χ1n) is 8.97. The molecular weight excluding hydrogens is 372 g/mol. The Kier molecular flexibility index (Phi) is 8.27. The molecule has 7 nitrogen and oxygen atoms in total. The molecule has 0 aromatic heterocycles. The van der Waals surface area contributed by atoms with Crippen LogP contribution in [0.2, 0.25) is 0 Å². The van der Waals surface area contributed by atoms with Gasteiger partial charge in [-0.15, -0.1) is 12.3 Å². The van der Waals surface area contributed by atoms with Crippen LogP contribution < -0.4 is 10.6 Å². The van der Waals surface area contributed by atoms with Crippen LogP contribution >= 0.6 is 0 Å². The van der Waals surface area contributed by atoms with Gasteiger partial charge in [0.1, 0.15) is 18.7 Å². The van der Waals surface area contributed by atoms with E-state index in [4.69, 9.17) is 11.2 Å². The summed E-state index contributed by atoms with van der Waals surface area (Å²) in [5, 5.41) is 14.1. The van der Waals surface area contributed by atoms with Gasteiger partial charge in [0.15, 0.2) is 0 Å². The minimum atomic E-state index is -1.25. The molecule has 0 fully saturated rings. The van der Waals surface area contributed by atoms with Crippen LogP contribution in [0, 0.1) is 12.3 Å². The number of carbonyl (C=O) groups excluding carboxylic acids is 2. The highest BCUT2D eigenvalue weighted by Crippen LogP contribution is 2.06. The maximum absolute atomic E-state index is 12.6. The Morgan fingerprint density at radius 3 is 2.07 bits per heavy atom. The summed E-state index contributed by atoms with van der Waals surface area (Å²) in [6.07, 6.45) is 4.37. The van der Waals surface area contributed by atoms with Crippen LogP contribution in [-0.2, 0) is 27.4 Å². The third-order valence-corrected chi connectivity index (χ3v) is 4.04. The SMILES string of the molecule is C#CC[C@H](NC(=O)[C@@H](Cc1ccccc1)NC(=O)OCc1ccccc1)C(=O)O. The average Bonchev–Trinajstić information content (AvgIpc) is 2.73. The van der Waals surface area contributed by atoms with E-state index in [1.807, 2.05) is 24.3 Å². The van der Waals surface area contributed by atoms with Crippen LogP contribution in [0.15, 0.2) is 60.7 Å². The van der Waals surface area contributed by atoms with Crippen LogP contribution in [0.3, 0.4) is 0 Å². The van der Waals surface area contributed by atoms with Gasteiger partial charge in [0.25, 0.3) is 0 Å². The summed E-state index contributed by atoms with van der Waals surface area (Å²) in [5.74, 6) is 0.307. The van der Waals surface area contributed by atoms with Crippen molar-refractivity contribution in [3.63, 3.8) is 0 Å². The van der Waals surface area contributed by atoms with E-state index in [0.717, 1.165) is 11.1 Å². The number of amides is 2. The number of nitrogens with one attached hydrogen (secondary N) is 2. The molecular formula is C22H22N2O5. The molecule has 2 aromatic rings. The number of ether oxygens (including phenoxy) is 1. The van der Waals surface area contributed by atoms with Gasteiger partial charge in [-0.25, -0.2) is 9.59 Å². The maximum atomic E-state index is 12.6. The van der Waals surface area contributed by atoms with E-state index in [0.29, 0.717) is 0 Å². The normalized spacial score (nSPS) is 12.1. The van der Waals surface area contributed by atoms with Crippen molar-refractivity contribution in [3.8, 4) is 12.3 Å². The summed E-state index contributed by atoms with van der Waals surface area (Å²) in [5.41, 5.74) is 1.59. The topological polar surface area (TPSA) is 105 Å². The van der Waals surface area contributed by atoms with Gasteiger partial charge in [-0.05, 0) is 11.1 Å². The van der Waals surface area contributed by atoms with E-state index < -0.39 is 30.1 Å². The van der Waals surface area contributed by atoms with Crippen molar-refractivity contribution < 1.29 is 24.2 Å². The van der Waals surface area contributed by atoms with E-state index in [9.17, 15) is 19.5 Å². The number of carboxylic acid groups (broad SMARTS) is 1. The van der Waals surface area contributed by atoms with Crippen LogP contribution in [0.1, 0.15) is 17.5 Å². The van der Waals surface area contributed by atoms with Crippen LogP contribution in [0.25, 0.3) is 0 Å². The first-order valence-corrected chi connectivity index (χ1v) is 8.97. The first kappa shape index (κ1) is 21.5. The molecule has 3 N–H and O–H groups in total. The highest BCUT2D eigenvalue weighted by molar-refractivity contribution is 5.89. The molecule has 0 radical (unpaired) electrons. The lowest BCUT2D eigenvalue weighted by Crippen LogP contribution is -2.52. The zero-order chi connectivity index (χ0) is 21.1. The maximum Gasteiger partial charge on any atom is 0.408 e. The minimum Gasteiger partial charge on any atom is -0.480 e. The van der Waals surface area contributed by atoms with E-state index in [2.05, 4.69) is 16.6 Å². The van der Waals surface area contributed by atoms with E-state index in [1.165, 1.54) is 0 Å². The lowest BCUT2D eigenvalue weighted by Gasteiger charge is -2.20. The molecule has 0 aliphatic heterocycles. The molecule has 0 heterocycles. The number of terminal acetylenes is 1. The average molecular weight is 394 g/mol. The molecule has 0 aliphatic rings. The van der Waals surface area contributed by atoms with Gasteiger partial charge in [0.2, 0.25) is 5.91 Å². The van der Waals surface area contributed by atoms with Crippen LogP contribution in [-0.4, -0.2) is 35.2 Å². The van der Waals surface area contributed by atoms with Crippen molar-refractivity contribution in [2.75, 3.05) is 0 Å². The molecule has 29 heavy (non-hydrogen) atoms. The van der Waals surface area contributed by atoms with Crippen molar-refractivity contribution in [2.24, 2.45) is 0 Å². The van der Waals surface area contributed by atoms with Crippen LogP contribution in [0.5, 0.6) is 0 Å². The molecule has 0 saturated carbocycles. The fraction of sp³-hybridized carbons (Fsp3) is 0.227. The second-order valence-corrected chi connectivity index (χ2v) is 6.26. The van der Waals surface area contributed by atoms with Gasteiger partial charge in [-0.3, -0.25) is 4.79 Å². The Bertz CT molecular complexity index is 862. The van der Waals surface area contributed by atoms with Gasteiger partial charge in [0, 0.05) is 12.8 Å². The fourth-order valence-electron chi connectivity index (χ4n) is 2.56. The largest absolute Gasteiger partial charge is 0.480 e. The third-order valence-electron chi connectivity index (χ3n) is 4.04. The van der Waals surface area contributed by atoms with E-state index >= 15 is 0 Å². The van der Waals surface area contributed by atoms with Crippen molar-refractivity contribution in [1.82, 2.24) is 10.6 Å². The summed E-state index contributed by atoms with van der Waals surface area (Å²) in [4.78, 5) is 36.1. The van der Waals surface area contributed by atoms with Crippen molar-refractivity contribution >= 4 is 18.0 Å². The number of aliphatic carboxylic acids is 1. The van der Waals surface area contributed by atoms with Gasteiger partial charge in [0.05, 0.1) is 0 Å². The highest BCUT2D eigenvalue weighted by atomic mass is 16.5. The Hall–Kier alpha value is -3.79. The smallest absolute Gasteiger partial charge is 0.408 e. The van der Waals surface area contributed by atoms with Crippen LogP contribution in [0.4, 0.5) is 4.79 Å². The Balaban J connectivity index is 2.05.